The molecule has 0 unspecified atom stereocenters. The number of halogens is 3. The average Bonchev–Trinajstić information content (AvgIpc) is 2.54. The van der Waals surface area contributed by atoms with Gasteiger partial charge in [0, 0.05) is 25.6 Å². The largest absolute Gasteiger partial charge is 0.534 e. The third kappa shape index (κ3) is 5.10. The topological polar surface area (TPSA) is 72.9 Å². The zero-order valence-corrected chi connectivity index (χ0v) is 14.7. The molecule has 0 radical (unpaired) electrons. The van der Waals surface area contributed by atoms with Crippen molar-refractivity contribution in [1.29, 1.82) is 0 Å². The van der Waals surface area contributed by atoms with Crippen molar-refractivity contribution in [2.45, 2.75) is 50.6 Å². The number of rotatable bonds is 5. The Hall–Kier alpha value is -1.29. The first-order valence-electron chi connectivity index (χ1n) is 8.24. The summed E-state index contributed by atoms with van der Waals surface area (Å²) in [6.45, 7) is 2.88. The van der Waals surface area contributed by atoms with Gasteiger partial charge in [0.05, 0.1) is 12.5 Å². The minimum atomic E-state index is -5.60. The molecule has 144 valence electrons. The molecule has 0 aromatic carbocycles. The van der Waals surface area contributed by atoms with Gasteiger partial charge in [-0.2, -0.15) is 21.6 Å². The van der Waals surface area contributed by atoms with E-state index in [-0.39, 0.29) is 30.1 Å². The molecular formula is C15H22F3NO5S. The molecule has 25 heavy (non-hydrogen) atoms. The van der Waals surface area contributed by atoms with Crippen LogP contribution in [0.4, 0.5) is 13.2 Å². The van der Waals surface area contributed by atoms with E-state index in [1.54, 1.807) is 6.92 Å². The molecule has 0 atom stereocenters. The molecule has 0 aromatic heterocycles. The van der Waals surface area contributed by atoms with Crippen molar-refractivity contribution in [3.05, 3.63) is 11.8 Å². The normalized spacial score (nSPS) is 26.0. The van der Waals surface area contributed by atoms with Crippen LogP contribution in [0, 0.1) is 5.92 Å². The van der Waals surface area contributed by atoms with Crippen LogP contribution in [-0.2, 0) is 23.8 Å². The Morgan fingerprint density at radius 2 is 1.92 bits per heavy atom. The van der Waals surface area contributed by atoms with E-state index in [4.69, 9.17) is 4.74 Å². The summed E-state index contributed by atoms with van der Waals surface area (Å²) < 4.78 is 68.2. The molecule has 0 bridgehead atoms. The lowest BCUT2D eigenvalue weighted by Gasteiger charge is -2.37. The lowest BCUT2D eigenvalue weighted by molar-refractivity contribution is -0.149. The van der Waals surface area contributed by atoms with E-state index in [9.17, 15) is 26.4 Å². The SMILES string of the molecule is CCOC(=O)C1CCC(N2CC=C(OS(=O)(=O)C(F)(F)F)CC2)CC1. The molecule has 1 saturated carbocycles. The van der Waals surface area contributed by atoms with Gasteiger partial charge in [0.15, 0.2) is 0 Å². The Morgan fingerprint density at radius 1 is 1.28 bits per heavy atom. The molecule has 0 aromatic rings. The average molecular weight is 385 g/mol. The van der Waals surface area contributed by atoms with Crippen LogP contribution in [0.15, 0.2) is 11.8 Å². The highest BCUT2D eigenvalue weighted by atomic mass is 32.2. The second-order valence-electron chi connectivity index (χ2n) is 6.16. The van der Waals surface area contributed by atoms with Crippen molar-refractivity contribution in [3.8, 4) is 0 Å². The second kappa shape index (κ2) is 7.94. The number of nitrogens with zero attached hydrogens (tertiary/aromatic N) is 1. The highest BCUT2D eigenvalue weighted by Crippen LogP contribution is 2.32. The Balaban J connectivity index is 1.84. The van der Waals surface area contributed by atoms with Crippen LogP contribution in [0.1, 0.15) is 39.0 Å². The molecule has 2 rings (SSSR count). The van der Waals surface area contributed by atoms with Gasteiger partial charge in [-0.3, -0.25) is 9.69 Å². The van der Waals surface area contributed by atoms with Gasteiger partial charge in [-0.25, -0.2) is 0 Å². The van der Waals surface area contributed by atoms with Crippen LogP contribution in [0.3, 0.4) is 0 Å². The predicted molar refractivity (Wildman–Crippen MR) is 82.7 cm³/mol. The zero-order valence-electron chi connectivity index (χ0n) is 13.9. The second-order valence-corrected chi connectivity index (χ2v) is 7.69. The maximum atomic E-state index is 12.3. The van der Waals surface area contributed by atoms with Gasteiger partial charge in [0.1, 0.15) is 5.76 Å². The monoisotopic (exact) mass is 385 g/mol. The maximum Gasteiger partial charge on any atom is 0.534 e. The standard InChI is InChI=1S/C15H22F3NO5S/c1-2-23-14(20)11-3-5-12(6-4-11)19-9-7-13(8-10-19)24-25(21,22)15(16,17)18/h7,11-12H,2-6,8-10H2,1H3. The van der Waals surface area contributed by atoms with Crippen LogP contribution in [0.5, 0.6) is 0 Å². The van der Waals surface area contributed by atoms with E-state index in [1.807, 2.05) is 0 Å². The van der Waals surface area contributed by atoms with E-state index in [2.05, 4.69) is 9.08 Å². The van der Waals surface area contributed by atoms with E-state index in [0.717, 1.165) is 25.7 Å². The van der Waals surface area contributed by atoms with Crippen molar-refractivity contribution < 1.29 is 35.3 Å². The Morgan fingerprint density at radius 3 is 2.40 bits per heavy atom. The van der Waals surface area contributed by atoms with E-state index in [1.165, 1.54) is 6.08 Å². The molecular weight excluding hydrogens is 363 g/mol. The summed E-state index contributed by atoms with van der Waals surface area (Å²) in [7, 11) is -5.60. The summed E-state index contributed by atoms with van der Waals surface area (Å²) in [6, 6.07) is 0.225. The minimum absolute atomic E-state index is 0.0904. The third-order valence-electron chi connectivity index (χ3n) is 4.53. The third-order valence-corrected chi connectivity index (χ3v) is 5.53. The predicted octanol–water partition coefficient (Wildman–Crippen LogP) is 2.56. The highest BCUT2D eigenvalue weighted by Gasteiger charge is 2.49. The Bertz CT molecular complexity index is 609. The number of hydrogen-bond acceptors (Lipinski definition) is 6. The van der Waals surface area contributed by atoms with E-state index in [0.29, 0.717) is 19.7 Å². The summed E-state index contributed by atoms with van der Waals surface area (Å²) in [6.07, 6.45) is 4.52. The first-order valence-corrected chi connectivity index (χ1v) is 9.65. The smallest absolute Gasteiger partial charge is 0.466 e. The summed E-state index contributed by atoms with van der Waals surface area (Å²) in [5.74, 6) is -0.436. The summed E-state index contributed by atoms with van der Waals surface area (Å²) >= 11 is 0. The number of esters is 1. The molecule has 1 aliphatic carbocycles. The number of carbonyl (C=O) groups excluding carboxylic acids is 1. The van der Waals surface area contributed by atoms with Crippen molar-refractivity contribution in [3.63, 3.8) is 0 Å². The zero-order chi connectivity index (χ0) is 18.7. The molecule has 1 heterocycles. The molecule has 1 aliphatic heterocycles. The molecule has 6 nitrogen and oxygen atoms in total. The van der Waals surface area contributed by atoms with Gasteiger partial charge < -0.3 is 8.92 Å². The molecule has 0 saturated heterocycles. The van der Waals surface area contributed by atoms with Crippen LogP contribution in [0.25, 0.3) is 0 Å². The van der Waals surface area contributed by atoms with Crippen molar-refractivity contribution >= 4 is 16.1 Å². The molecule has 0 spiro atoms. The fourth-order valence-electron chi connectivity index (χ4n) is 3.20. The lowest BCUT2D eigenvalue weighted by Crippen LogP contribution is -2.42. The first-order chi connectivity index (χ1) is 11.6. The van der Waals surface area contributed by atoms with E-state index >= 15 is 0 Å². The van der Waals surface area contributed by atoms with Crippen molar-refractivity contribution in [1.82, 2.24) is 4.90 Å². The molecule has 0 amide bonds. The van der Waals surface area contributed by atoms with Gasteiger partial charge in [-0.1, -0.05) is 0 Å². The van der Waals surface area contributed by atoms with Crippen LogP contribution in [0.2, 0.25) is 0 Å². The molecule has 2 aliphatic rings. The summed E-state index contributed by atoms with van der Waals surface area (Å²) in [4.78, 5) is 13.8. The first kappa shape index (κ1) is 20.0. The minimum Gasteiger partial charge on any atom is -0.466 e. The Labute approximate surface area is 145 Å². The van der Waals surface area contributed by atoms with Crippen molar-refractivity contribution in [2.75, 3.05) is 19.7 Å². The van der Waals surface area contributed by atoms with Gasteiger partial charge in [-0.05, 0) is 38.7 Å². The number of carbonyl (C=O) groups is 1. The fraction of sp³-hybridized carbons (Fsp3) is 0.800. The Kier molecular flexibility index (Phi) is 6.36. The van der Waals surface area contributed by atoms with Crippen LogP contribution in [-0.4, -0.2) is 50.5 Å². The van der Waals surface area contributed by atoms with E-state index < -0.39 is 15.6 Å². The quantitative estimate of drug-likeness (QED) is 0.411. The van der Waals surface area contributed by atoms with Gasteiger partial charge in [0.25, 0.3) is 0 Å². The maximum absolute atomic E-state index is 12.3. The lowest BCUT2D eigenvalue weighted by atomic mass is 9.85. The number of ether oxygens (including phenoxy) is 1. The number of hydrogen-bond donors (Lipinski definition) is 0. The van der Waals surface area contributed by atoms with Crippen molar-refractivity contribution in [2.24, 2.45) is 5.92 Å². The fourth-order valence-corrected chi connectivity index (χ4v) is 3.73. The number of alkyl halides is 3. The molecule has 10 heteroatoms. The summed E-state index contributed by atoms with van der Waals surface area (Å²) in [5, 5.41) is 0. The molecule has 0 N–H and O–H groups in total. The molecule has 1 fully saturated rings. The van der Waals surface area contributed by atoms with Crippen LogP contribution < -0.4 is 0 Å². The van der Waals surface area contributed by atoms with Gasteiger partial charge in [-0.15, -0.1) is 0 Å². The summed E-state index contributed by atoms with van der Waals surface area (Å²) in [5.41, 5.74) is -5.42. The van der Waals surface area contributed by atoms with Gasteiger partial charge in [0.2, 0.25) is 0 Å². The highest BCUT2D eigenvalue weighted by molar-refractivity contribution is 7.87. The van der Waals surface area contributed by atoms with Gasteiger partial charge >= 0.3 is 21.6 Å². The van der Waals surface area contributed by atoms with Crippen LogP contribution >= 0.6 is 0 Å².